The lowest BCUT2D eigenvalue weighted by atomic mass is 10.1. The van der Waals surface area contributed by atoms with Gasteiger partial charge in [-0.15, -0.1) is 11.3 Å². The third-order valence-electron chi connectivity index (χ3n) is 5.54. The zero-order valence-electron chi connectivity index (χ0n) is 17.5. The van der Waals surface area contributed by atoms with E-state index in [2.05, 4.69) is 10.3 Å². The lowest BCUT2D eigenvalue weighted by molar-refractivity contribution is 0.102. The van der Waals surface area contributed by atoms with Gasteiger partial charge in [0.2, 0.25) is 10.0 Å². The number of rotatable bonds is 5. The maximum Gasteiger partial charge on any atom is 0.257 e. The molecule has 1 atom stereocenters. The van der Waals surface area contributed by atoms with Crippen LogP contribution in [0.4, 0.5) is 5.13 Å². The number of hydrogen-bond donors (Lipinski definition) is 1. The molecule has 1 N–H and O–H groups in total. The zero-order chi connectivity index (χ0) is 22.0. The molecule has 1 amide bonds. The highest BCUT2D eigenvalue weighted by atomic mass is 32.2. The van der Waals surface area contributed by atoms with E-state index in [0.717, 1.165) is 30.5 Å². The molecule has 1 fully saturated rings. The lowest BCUT2D eigenvalue weighted by Crippen LogP contribution is -2.41. The summed E-state index contributed by atoms with van der Waals surface area (Å²) in [5.74, 6) is -0.319. The van der Waals surface area contributed by atoms with Crippen molar-refractivity contribution in [2.45, 2.75) is 44.0 Å². The summed E-state index contributed by atoms with van der Waals surface area (Å²) in [6.07, 6.45) is 2.80. The van der Waals surface area contributed by atoms with Crippen LogP contribution in [-0.2, 0) is 10.0 Å². The molecule has 0 saturated carbocycles. The molecule has 4 rings (SSSR count). The molecule has 2 heterocycles. The van der Waals surface area contributed by atoms with Gasteiger partial charge in [0.05, 0.1) is 10.6 Å². The molecule has 0 radical (unpaired) electrons. The van der Waals surface area contributed by atoms with Gasteiger partial charge in [-0.2, -0.15) is 4.31 Å². The molecule has 1 aromatic heterocycles. The summed E-state index contributed by atoms with van der Waals surface area (Å²) in [6.45, 7) is 4.51. The van der Waals surface area contributed by atoms with Gasteiger partial charge >= 0.3 is 0 Å². The van der Waals surface area contributed by atoms with Gasteiger partial charge in [0.15, 0.2) is 5.13 Å². The fraction of sp³-hybridized carbons (Fsp3) is 0.304. The summed E-state index contributed by atoms with van der Waals surface area (Å²) < 4.78 is 27.5. The summed E-state index contributed by atoms with van der Waals surface area (Å²) in [7, 11) is -3.55. The summed E-state index contributed by atoms with van der Waals surface area (Å²) >= 11 is 1.35. The highest BCUT2D eigenvalue weighted by Gasteiger charge is 2.30. The first-order chi connectivity index (χ1) is 14.8. The predicted molar refractivity (Wildman–Crippen MR) is 124 cm³/mol. The number of anilines is 1. The standard InChI is InChI=1S/C23H25N3O3S2/c1-16-6-8-18(9-7-16)21-15-30-23(24-21)25-22(27)19-10-12-20(13-11-19)31(28,29)26-14-4-3-5-17(26)2/h6-13,15,17H,3-5,14H2,1-2H3,(H,24,25,27)/t17-/m0/s1. The molecule has 1 aliphatic heterocycles. The highest BCUT2D eigenvalue weighted by molar-refractivity contribution is 7.89. The number of piperidine rings is 1. The Hall–Kier alpha value is -2.55. The maximum atomic E-state index is 12.9. The van der Waals surface area contributed by atoms with E-state index in [0.29, 0.717) is 17.2 Å². The summed E-state index contributed by atoms with van der Waals surface area (Å²) in [5, 5.41) is 5.19. The fourth-order valence-electron chi connectivity index (χ4n) is 3.70. The van der Waals surface area contributed by atoms with Crippen LogP contribution in [0.2, 0.25) is 0 Å². The van der Waals surface area contributed by atoms with Crippen molar-refractivity contribution in [3.63, 3.8) is 0 Å². The number of amides is 1. The van der Waals surface area contributed by atoms with E-state index in [1.165, 1.54) is 29.0 Å². The van der Waals surface area contributed by atoms with E-state index in [-0.39, 0.29) is 16.8 Å². The smallest absolute Gasteiger partial charge is 0.257 e. The van der Waals surface area contributed by atoms with Gasteiger partial charge in [-0.3, -0.25) is 10.1 Å². The van der Waals surface area contributed by atoms with Gasteiger partial charge in [-0.05, 0) is 51.0 Å². The van der Waals surface area contributed by atoms with Crippen molar-refractivity contribution in [2.24, 2.45) is 0 Å². The third kappa shape index (κ3) is 4.71. The molecule has 0 spiro atoms. The average Bonchev–Trinajstić information content (AvgIpc) is 3.23. The molecule has 6 nitrogen and oxygen atoms in total. The second kappa shape index (κ2) is 8.90. The summed E-state index contributed by atoms with van der Waals surface area (Å²) in [4.78, 5) is 17.3. The Balaban J connectivity index is 1.46. The Bertz CT molecular complexity index is 1170. The van der Waals surface area contributed by atoms with E-state index in [9.17, 15) is 13.2 Å². The van der Waals surface area contributed by atoms with Crippen molar-refractivity contribution in [1.82, 2.24) is 9.29 Å². The Morgan fingerprint density at radius 1 is 1.10 bits per heavy atom. The normalized spacial score (nSPS) is 17.4. The van der Waals surface area contributed by atoms with Crippen LogP contribution in [0.25, 0.3) is 11.3 Å². The molecule has 8 heteroatoms. The van der Waals surface area contributed by atoms with Gasteiger partial charge in [0.1, 0.15) is 0 Å². The van der Waals surface area contributed by atoms with Crippen LogP contribution in [0.15, 0.2) is 58.8 Å². The van der Waals surface area contributed by atoms with Crippen molar-refractivity contribution in [3.8, 4) is 11.3 Å². The van der Waals surface area contributed by atoms with E-state index in [1.807, 2.05) is 43.5 Å². The number of carbonyl (C=O) groups excluding carboxylic acids is 1. The molecule has 31 heavy (non-hydrogen) atoms. The Kier molecular flexibility index (Phi) is 6.22. The number of sulfonamides is 1. The van der Waals surface area contributed by atoms with E-state index >= 15 is 0 Å². The van der Waals surface area contributed by atoms with Crippen molar-refractivity contribution in [2.75, 3.05) is 11.9 Å². The van der Waals surface area contributed by atoms with Gasteiger partial charge in [0, 0.05) is 29.1 Å². The monoisotopic (exact) mass is 455 g/mol. The van der Waals surface area contributed by atoms with Crippen molar-refractivity contribution < 1.29 is 13.2 Å². The second-order valence-electron chi connectivity index (χ2n) is 7.84. The van der Waals surface area contributed by atoms with Crippen molar-refractivity contribution >= 4 is 32.4 Å². The van der Waals surface area contributed by atoms with E-state index in [1.54, 1.807) is 16.4 Å². The van der Waals surface area contributed by atoms with Crippen LogP contribution in [0.5, 0.6) is 0 Å². The molecular formula is C23H25N3O3S2. The molecule has 3 aromatic rings. The first-order valence-electron chi connectivity index (χ1n) is 10.3. The van der Waals surface area contributed by atoms with Gasteiger partial charge in [-0.25, -0.2) is 13.4 Å². The van der Waals surface area contributed by atoms with Crippen LogP contribution in [0.1, 0.15) is 42.1 Å². The molecule has 1 aliphatic rings. The van der Waals surface area contributed by atoms with Crippen molar-refractivity contribution in [1.29, 1.82) is 0 Å². The Labute approximate surface area is 187 Å². The van der Waals surface area contributed by atoms with Crippen LogP contribution in [0.3, 0.4) is 0 Å². The average molecular weight is 456 g/mol. The highest BCUT2D eigenvalue weighted by Crippen LogP contribution is 2.27. The molecule has 0 unspecified atom stereocenters. The van der Waals surface area contributed by atoms with Crippen LogP contribution in [-0.4, -0.2) is 36.2 Å². The first-order valence-corrected chi connectivity index (χ1v) is 12.6. The number of benzene rings is 2. The SMILES string of the molecule is Cc1ccc(-c2csc(NC(=O)c3ccc(S(=O)(=O)N4CCCC[C@@H]4C)cc3)n2)cc1. The quantitative estimate of drug-likeness (QED) is 0.591. The minimum absolute atomic E-state index is 0.00523. The zero-order valence-corrected chi connectivity index (χ0v) is 19.2. The molecule has 0 bridgehead atoms. The summed E-state index contributed by atoms with van der Waals surface area (Å²) in [6, 6.07) is 14.1. The van der Waals surface area contributed by atoms with Gasteiger partial charge in [-0.1, -0.05) is 36.2 Å². The number of carbonyl (C=O) groups is 1. The first kappa shape index (κ1) is 21.7. The fourth-order valence-corrected chi connectivity index (χ4v) is 6.11. The molecule has 2 aromatic carbocycles. The van der Waals surface area contributed by atoms with Crippen LogP contribution in [0, 0.1) is 6.92 Å². The second-order valence-corrected chi connectivity index (χ2v) is 10.6. The van der Waals surface area contributed by atoms with Crippen LogP contribution < -0.4 is 5.32 Å². The summed E-state index contributed by atoms with van der Waals surface area (Å²) in [5.41, 5.74) is 3.35. The van der Waals surface area contributed by atoms with E-state index < -0.39 is 10.0 Å². The number of aryl methyl sites for hydroxylation is 1. The molecule has 162 valence electrons. The Morgan fingerprint density at radius 3 is 2.48 bits per heavy atom. The molecular weight excluding hydrogens is 430 g/mol. The third-order valence-corrected chi connectivity index (χ3v) is 8.32. The lowest BCUT2D eigenvalue weighted by Gasteiger charge is -2.32. The number of thiazole rings is 1. The topological polar surface area (TPSA) is 79.4 Å². The van der Waals surface area contributed by atoms with Crippen LogP contribution >= 0.6 is 11.3 Å². The number of aromatic nitrogens is 1. The molecule has 1 saturated heterocycles. The number of hydrogen-bond acceptors (Lipinski definition) is 5. The number of nitrogens with one attached hydrogen (secondary N) is 1. The minimum atomic E-state index is -3.55. The largest absolute Gasteiger partial charge is 0.298 e. The van der Waals surface area contributed by atoms with Gasteiger partial charge in [0.25, 0.3) is 5.91 Å². The van der Waals surface area contributed by atoms with Crippen molar-refractivity contribution in [3.05, 3.63) is 65.0 Å². The van der Waals surface area contributed by atoms with E-state index in [4.69, 9.17) is 0 Å². The Morgan fingerprint density at radius 2 is 1.81 bits per heavy atom. The van der Waals surface area contributed by atoms with Gasteiger partial charge < -0.3 is 0 Å². The maximum absolute atomic E-state index is 12.9. The minimum Gasteiger partial charge on any atom is -0.298 e. The molecule has 0 aliphatic carbocycles. The number of nitrogens with zero attached hydrogens (tertiary/aromatic N) is 2. The predicted octanol–water partition coefficient (Wildman–Crippen LogP) is 4.93.